The van der Waals surface area contributed by atoms with Gasteiger partial charge in [0, 0.05) is 14.7 Å². The molecule has 0 fully saturated rings. The molecule has 1 aromatic rings. The smallest absolute Gasteiger partial charge is 0.0882 e. The summed E-state index contributed by atoms with van der Waals surface area (Å²) in [6.07, 6.45) is 4.17. The Morgan fingerprint density at radius 1 is 1.54 bits per heavy atom. The molecule has 0 saturated carbocycles. The predicted molar refractivity (Wildman–Crippen MR) is 61.1 cm³/mol. The fourth-order valence-electron chi connectivity index (χ4n) is 1.23. The van der Waals surface area contributed by atoms with Gasteiger partial charge in [0.25, 0.3) is 0 Å². The van der Waals surface area contributed by atoms with Crippen molar-refractivity contribution in [3.05, 3.63) is 20.8 Å². The number of hydrogen-bond acceptors (Lipinski definition) is 2. The molecule has 0 aromatic carbocycles. The van der Waals surface area contributed by atoms with Gasteiger partial charge in [-0.3, -0.25) is 0 Å². The summed E-state index contributed by atoms with van der Waals surface area (Å²) >= 11 is 5.00. The van der Waals surface area contributed by atoms with Crippen molar-refractivity contribution < 1.29 is 5.11 Å². The van der Waals surface area contributed by atoms with Gasteiger partial charge in [-0.25, -0.2) is 0 Å². The molecule has 3 heteroatoms. The highest BCUT2D eigenvalue weighted by Crippen LogP contribution is 2.28. The van der Waals surface area contributed by atoms with Crippen molar-refractivity contribution >= 4 is 27.3 Å². The fraction of sp³-hybridized carbons (Fsp3) is 0.600. The minimum Gasteiger partial charge on any atom is -0.388 e. The van der Waals surface area contributed by atoms with Gasteiger partial charge in [0.15, 0.2) is 0 Å². The van der Waals surface area contributed by atoms with Gasteiger partial charge in [-0.2, -0.15) is 0 Å². The highest BCUT2D eigenvalue weighted by Gasteiger charge is 2.08. The maximum Gasteiger partial charge on any atom is 0.0882 e. The lowest BCUT2D eigenvalue weighted by Crippen LogP contribution is -1.93. The third-order valence-electron chi connectivity index (χ3n) is 2.00. The molecule has 0 bridgehead atoms. The second kappa shape index (κ2) is 5.78. The second-order valence-corrected chi connectivity index (χ2v) is 5.04. The lowest BCUT2D eigenvalue weighted by Gasteiger charge is -2.06. The van der Waals surface area contributed by atoms with Crippen molar-refractivity contribution in [3.63, 3.8) is 0 Å². The SMILES string of the molecule is CCCCCC(O)c1cc(Br)cs1. The van der Waals surface area contributed by atoms with E-state index in [4.69, 9.17) is 0 Å². The molecule has 0 saturated heterocycles. The van der Waals surface area contributed by atoms with E-state index in [9.17, 15) is 5.11 Å². The number of halogens is 1. The van der Waals surface area contributed by atoms with Crippen molar-refractivity contribution in [2.45, 2.75) is 38.7 Å². The predicted octanol–water partition coefficient (Wildman–Crippen LogP) is 4.12. The summed E-state index contributed by atoms with van der Waals surface area (Å²) in [6.45, 7) is 2.17. The molecule has 74 valence electrons. The summed E-state index contributed by atoms with van der Waals surface area (Å²) in [7, 11) is 0. The van der Waals surface area contributed by atoms with E-state index < -0.39 is 0 Å². The topological polar surface area (TPSA) is 20.2 Å². The number of aliphatic hydroxyl groups excluding tert-OH is 1. The van der Waals surface area contributed by atoms with Crippen LogP contribution in [0, 0.1) is 0 Å². The van der Waals surface area contributed by atoms with E-state index in [0.717, 1.165) is 22.2 Å². The Morgan fingerprint density at radius 3 is 2.85 bits per heavy atom. The maximum atomic E-state index is 9.75. The van der Waals surface area contributed by atoms with E-state index in [2.05, 4.69) is 22.9 Å². The summed E-state index contributed by atoms with van der Waals surface area (Å²) in [5.41, 5.74) is 0. The van der Waals surface area contributed by atoms with Crippen molar-refractivity contribution in [1.82, 2.24) is 0 Å². The Balaban J connectivity index is 2.35. The molecule has 1 rings (SSSR count). The van der Waals surface area contributed by atoms with Crippen LogP contribution >= 0.6 is 27.3 Å². The zero-order valence-corrected chi connectivity index (χ0v) is 10.2. The van der Waals surface area contributed by atoms with Crippen LogP contribution in [-0.4, -0.2) is 5.11 Å². The summed E-state index contributed by atoms with van der Waals surface area (Å²) in [5.74, 6) is 0. The van der Waals surface area contributed by atoms with E-state index in [0.29, 0.717) is 0 Å². The van der Waals surface area contributed by atoms with Crippen LogP contribution in [0.3, 0.4) is 0 Å². The Morgan fingerprint density at radius 2 is 2.31 bits per heavy atom. The summed E-state index contributed by atoms with van der Waals surface area (Å²) in [6, 6.07) is 2.00. The molecule has 0 spiro atoms. The van der Waals surface area contributed by atoms with Crippen LogP contribution in [0.4, 0.5) is 0 Å². The molecule has 1 heterocycles. The lowest BCUT2D eigenvalue weighted by molar-refractivity contribution is 0.167. The molecular weight excluding hydrogens is 248 g/mol. The summed E-state index contributed by atoms with van der Waals surface area (Å²) in [4.78, 5) is 1.07. The number of aliphatic hydroxyl groups is 1. The van der Waals surface area contributed by atoms with Crippen LogP contribution in [-0.2, 0) is 0 Å². The molecule has 13 heavy (non-hydrogen) atoms. The van der Waals surface area contributed by atoms with Gasteiger partial charge in [0.05, 0.1) is 6.10 Å². The minimum absolute atomic E-state index is 0.261. The highest BCUT2D eigenvalue weighted by atomic mass is 79.9. The molecule has 1 aromatic heterocycles. The zero-order chi connectivity index (χ0) is 9.68. The average Bonchev–Trinajstić information content (AvgIpc) is 2.52. The Kier molecular flexibility index (Phi) is 4.99. The maximum absolute atomic E-state index is 9.75. The first-order valence-corrected chi connectivity index (χ1v) is 6.33. The van der Waals surface area contributed by atoms with Crippen LogP contribution in [0.5, 0.6) is 0 Å². The first-order valence-electron chi connectivity index (χ1n) is 4.66. The standard InChI is InChI=1S/C10H15BrOS/c1-2-3-4-5-9(12)10-6-8(11)7-13-10/h6-7,9,12H,2-5H2,1H3. The molecular formula is C10H15BrOS. The fourth-order valence-corrected chi connectivity index (χ4v) is 2.70. The number of thiophene rings is 1. The molecule has 0 radical (unpaired) electrons. The summed E-state index contributed by atoms with van der Waals surface area (Å²) in [5, 5.41) is 11.8. The quantitative estimate of drug-likeness (QED) is 0.792. The number of rotatable bonds is 5. The van der Waals surface area contributed by atoms with Crippen LogP contribution in [0.15, 0.2) is 15.9 Å². The van der Waals surface area contributed by atoms with Gasteiger partial charge in [0.1, 0.15) is 0 Å². The van der Waals surface area contributed by atoms with E-state index in [-0.39, 0.29) is 6.10 Å². The second-order valence-electron chi connectivity index (χ2n) is 3.18. The van der Waals surface area contributed by atoms with Crippen LogP contribution in [0.1, 0.15) is 43.6 Å². The molecule has 0 aliphatic heterocycles. The lowest BCUT2D eigenvalue weighted by atomic mass is 10.1. The normalized spacial score (nSPS) is 13.2. The molecule has 1 unspecified atom stereocenters. The van der Waals surface area contributed by atoms with Crippen LogP contribution in [0.2, 0.25) is 0 Å². The van der Waals surface area contributed by atoms with E-state index in [1.165, 1.54) is 12.8 Å². The third-order valence-corrected chi connectivity index (χ3v) is 3.79. The zero-order valence-electron chi connectivity index (χ0n) is 7.79. The molecule has 1 nitrogen and oxygen atoms in total. The van der Waals surface area contributed by atoms with Gasteiger partial charge in [-0.05, 0) is 28.4 Å². The number of hydrogen-bond donors (Lipinski definition) is 1. The van der Waals surface area contributed by atoms with E-state index >= 15 is 0 Å². The number of unbranched alkanes of at least 4 members (excludes halogenated alkanes) is 2. The van der Waals surface area contributed by atoms with Gasteiger partial charge in [-0.1, -0.05) is 26.2 Å². The third kappa shape index (κ3) is 3.79. The van der Waals surface area contributed by atoms with E-state index in [1.807, 2.05) is 11.4 Å². The first kappa shape index (κ1) is 11.2. The van der Waals surface area contributed by atoms with Gasteiger partial charge < -0.3 is 5.11 Å². The Labute approximate surface area is 91.9 Å². The molecule has 0 aliphatic carbocycles. The molecule has 0 amide bonds. The Bertz CT molecular complexity index is 247. The first-order chi connectivity index (χ1) is 6.24. The average molecular weight is 263 g/mol. The molecule has 0 aliphatic rings. The van der Waals surface area contributed by atoms with Crippen LogP contribution in [0.25, 0.3) is 0 Å². The molecule has 1 N–H and O–H groups in total. The van der Waals surface area contributed by atoms with Gasteiger partial charge in [-0.15, -0.1) is 11.3 Å². The molecule has 1 atom stereocenters. The van der Waals surface area contributed by atoms with Crippen molar-refractivity contribution in [2.75, 3.05) is 0 Å². The van der Waals surface area contributed by atoms with Crippen molar-refractivity contribution in [2.24, 2.45) is 0 Å². The van der Waals surface area contributed by atoms with Gasteiger partial charge >= 0.3 is 0 Å². The minimum atomic E-state index is -0.261. The van der Waals surface area contributed by atoms with E-state index in [1.54, 1.807) is 11.3 Å². The van der Waals surface area contributed by atoms with Crippen molar-refractivity contribution in [3.8, 4) is 0 Å². The van der Waals surface area contributed by atoms with Crippen molar-refractivity contribution in [1.29, 1.82) is 0 Å². The largest absolute Gasteiger partial charge is 0.388 e. The summed E-state index contributed by atoms with van der Waals surface area (Å²) < 4.78 is 1.07. The Hall–Kier alpha value is 0.140. The van der Waals surface area contributed by atoms with Gasteiger partial charge in [0.2, 0.25) is 0 Å². The van der Waals surface area contributed by atoms with Crippen LogP contribution < -0.4 is 0 Å². The monoisotopic (exact) mass is 262 g/mol. The highest BCUT2D eigenvalue weighted by molar-refractivity contribution is 9.10.